The molecule has 210 valence electrons. The summed E-state index contributed by atoms with van der Waals surface area (Å²) in [6, 6.07) is 38.6. The maximum Gasteiger partial charge on any atom is 0.490 e. The molecule has 8 heteroatoms. The summed E-state index contributed by atoms with van der Waals surface area (Å²) in [5.41, 5.74) is 8.55. The predicted octanol–water partition coefficient (Wildman–Crippen LogP) is 7.48. The number of anilines is 1. The van der Waals surface area contributed by atoms with Crippen LogP contribution >= 0.6 is 0 Å². The van der Waals surface area contributed by atoms with Gasteiger partial charge in [-0.15, -0.1) is 0 Å². The van der Waals surface area contributed by atoms with E-state index < -0.39 is 12.1 Å². The van der Waals surface area contributed by atoms with Crippen LogP contribution in [0.1, 0.15) is 16.7 Å². The van der Waals surface area contributed by atoms with E-state index in [-0.39, 0.29) is 0 Å². The topological polar surface area (TPSA) is 74.2 Å². The summed E-state index contributed by atoms with van der Waals surface area (Å²) in [6.45, 7) is 2.67. The first-order valence-corrected chi connectivity index (χ1v) is 13.1. The van der Waals surface area contributed by atoms with E-state index in [1.165, 1.54) is 27.8 Å². The molecule has 1 heterocycles. The molecule has 1 aromatic heterocycles. The lowest BCUT2D eigenvalue weighted by atomic mass is 10.0. The Hall–Kier alpha value is -4.69. The van der Waals surface area contributed by atoms with Gasteiger partial charge in [0.2, 0.25) is 0 Å². The standard InChI is InChI=1S/C31H29N3.C2HF3O2/c1-2-5-24(6-3-1)18-20-32-22-25-8-12-27(13-9-25)28-14-10-26(11-15-28)23-34-30-16-17-31-29(21-30)7-4-19-33-31;3-2(4,5)1(6)7/h1-17,19,21,32,34H,18,20,22-23H2;(H,6,7). The molecule has 4 aromatic carbocycles. The van der Waals surface area contributed by atoms with Gasteiger partial charge in [0.15, 0.2) is 0 Å². The minimum absolute atomic E-state index is 0.791. The van der Waals surface area contributed by atoms with Gasteiger partial charge in [0.05, 0.1) is 5.52 Å². The Morgan fingerprint density at radius 1 is 0.732 bits per heavy atom. The number of nitrogens with zero attached hydrogens (tertiary/aromatic N) is 1. The molecule has 0 aliphatic carbocycles. The number of pyridine rings is 1. The minimum atomic E-state index is -5.08. The number of hydrogen-bond acceptors (Lipinski definition) is 4. The maximum absolute atomic E-state index is 10.6. The Bertz CT molecular complexity index is 1540. The number of nitrogens with one attached hydrogen (secondary N) is 2. The van der Waals surface area contributed by atoms with Gasteiger partial charge in [0, 0.05) is 30.4 Å². The number of aliphatic carboxylic acids is 1. The van der Waals surface area contributed by atoms with Crippen molar-refractivity contribution in [2.75, 3.05) is 11.9 Å². The van der Waals surface area contributed by atoms with Crippen molar-refractivity contribution in [3.63, 3.8) is 0 Å². The van der Waals surface area contributed by atoms with E-state index in [0.717, 1.165) is 42.6 Å². The van der Waals surface area contributed by atoms with E-state index in [9.17, 15) is 13.2 Å². The largest absolute Gasteiger partial charge is 0.490 e. The van der Waals surface area contributed by atoms with Gasteiger partial charge in [-0.05, 0) is 65.0 Å². The minimum Gasteiger partial charge on any atom is -0.475 e. The summed E-state index contributed by atoms with van der Waals surface area (Å²) in [7, 11) is 0. The van der Waals surface area contributed by atoms with Crippen LogP contribution in [0.15, 0.2) is 115 Å². The monoisotopic (exact) mass is 557 g/mol. The molecule has 41 heavy (non-hydrogen) atoms. The van der Waals surface area contributed by atoms with Crippen LogP contribution in [0.5, 0.6) is 0 Å². The van der Waals surface area contributed by atoms with Gasteiger partial charge in [0.1, 0.15) is 0 Å². The molecular formula is C33H30F3N3O2. The van der Waals surface area contributed by atoms with Crippen molar-refractivity contribution in [1.82, 2.24) is 10.3 Å². The van der Waals surface area contributed by atoms with Crippen LogP contribution in [0, 0.1) is 0 Å². The van der Waals surface area contributed by atoms with Gasteiger partial charge < -0.3 is 15.7 Å². The van der Waals surface area contributed by atoms with Gasteiger partial charge in [-0.1, -0.05) is 84.9 Å². The summed E-state index contributed by atoms with van der Waals surface area (Å²) in [5.74, 6) is -2.76. The van der Waals surface area contributed by atoms with E-state index in [2.05, 4.69) is 119 Å². The molecule has 0 aliphatic heterocycles. The molecule has 0 atom stereocenters. The summed E-state index contributed by atoms with van der Waals surface area (Å²) < 4.78 is 31.7. The number of benzene rings is 4. The van der Waals surface area contributed by atoms with Crippen molar-refractivity contribution in [2.45, 2.75) is 25.7 Å². The maximum atomic E-state index is 10.6. The van der Waals surface area contributed by atoms with Crippen LogP contribution in [0.2, 0.25) is 0 Å². The zero-order valence-corrected chi connectivity index (χ0v) is 22.2. The van der Waals surface area contributed by atoms with Crippen LogP contribution in [0.25, 0.3) is 22.0 Å². The highest BCUT2D eigenvalue weighted by atomic mass is 19.4. The highest BCUT2D eigenvalue weighted by Gasteiger charge is 2.38. The lowest BCUT2D eigenvalue weighted by molar-refractivity contribution is -0.192. The normalized spacial score (nSPS) is 11.0. The zero-order valence-electron chi connectivity index (χ0n) is 22.2. The zero-order chi connectivity index (χ0) is 29.1. The number of aromatic nitrogens is 1. The summed E-state index contributed by atoms with van der Waals surface area (Å²) in [4.78, 5) is 13.3. The Labute approximate surface area is 236 Å². The molecule has 5 nitrogen and oxygen atoms in total. The molecule has 0 aliphatic rings. The molecule has 0 radical (unpaired) electrons. The van der Waals surface area contributed by atoms with Gasteiger partial charge in [-0.3, -0.25) is 4.98 Å². The number of carboxylic acids is 1. The molecule has 5 aromatic rings. The van der Waals surface area contributed by atoms with E-state index in [1.807, 2.05) is 12.3 Å². The lowest BCUT2D eigenvalue weighted by Gasteiger charge is -2.09. The van der Waals surface area contributed by atoms with Crippen molar-refractivity contribution in [2.24, 2.45) is 0 Å². The third kappa shape index (κ3) is 9.19. The SMILES string of the molecule is O=C(O)C(F)(F)F.c1ccc(CCNCc2ccc(-c3ccc(CNc4ccc5ncccc5c4)cc3)cc2)cc1. The molecule has 3 N–H and O–H groups in total. The average molecular weight is 558 g/mol. The number of alkyl halides is 3. The Morgan fingerprint density at radius 2 is 1.34 bits per heavy atom. The van der Waals surface area contributed by atoms with Crippen molar-refractivity contribution < 1.29 is 23.1 Å². The van der Waals surface area contributed by atoms with E-state index in [0.29, 0.717) is 0 Å². The quantitative estimate of drug-likeness (QED) is 0.164. The third-order valence-electron chi connectivity index (χ3n) is 6.35. The van der Waals surface area contributed by atoms with Crippen LogP contribution in [0.3, 0.4) is 0 Å². The van der Waals surface area contributed by atoms with E-state index in [1.54, 1.807) is 0 Å². The molecule has 0 bridgehead atoms. The second-order valence-electron chi connectivity index (χ2n) is 9.37. The number of carbonyl (C=O) groups is 1. The van der Waals surface area contributed by atoms with Gasteiger partial charge in [-0.2, -0.15) is 13.2 Å². The lowest BCUT2D eigenvalue weighted by Crippen LogP contribution is -2.21. The van der Waals surface area contributed by atoms with Crippen LogP contribution in [0.4, 0.5) is 18.9 Å². The molecule has 0 spiro atoms. The number of halogens is 3. The van der Waals surface area contributed by atoms with Gasteiger partial charge >= 0.3 is 12.1 Å². The van der Waals surface area contributed by atoms with Crippen molar-refractivity contribution >= 4 is 22.6 Å². The Balaban J connectivity index is 0.000000493. The van der Waals surface area contributed by atoms with Crippen molar-refractivity contribution in [3.8, 4) is 11.1 Å². The number of rotatable bonds is 9. The molecular weight excluding hydrogens is 527 g/mol. The van der Waals surface area contributed by atoms with Crippen molar-refractivity contribution in [3.05, 3.63) is 132 Å². The molecule has 0 saturated heterocycles. The smallest absolute Gasteiger partial charge is 0.475 e. The first-order chi connectivity index (χ1) is 19.8. The fraction of sp³-hybridized carbons (Fsp3) is 0.152. The first kappa shape index (κ1) is 29.3. The number of fused-ring (bicyclic) bond motifs is 1. The fourth-order valence-electron chi connectivity index (χ4n) is 4.13. The second-order valence-corrected chi connectivity index (χ2v) is 9.37. The second kappa shape index (κ2) is 14.1. The molecule has 0 fully saturated rings. The highest BCUT2D eigenvalue weighted by molar-refractivity contribution is 5.82. The number of carboxylic acid groups (broad SMARTS) is 1. The Morgan fingerprint density at radius 3 is 1.95 bits per heavy atom. The molecule has 0 saturated carbocycles. The highest BCUT2D eigenvalue weighted by Crippen LogP contribution is 2.22. The van der Waals surface area contributed by atoms with Crippen LogP contribution in [-0.2, 0) is 24.3 Å². The Kier molecular flexibility index (Phi) is 10.1. The summed E-state index contributed by atoms with van der Waals surface area (Å²) in [6.07, 6.45) is -2.20. The molecule has 0 unspecified atom stereocenters. The molecule has 5 rings (SSSR count). The first-order valence-electron chi connectivity index (χ1n) is 13.1. The number of hydrogen-bond donors (Lipinski definition) is 3. The van der Waals surface area contributed by atoms with E-state index >= 15 is 0 Å². The average Bonchev–Trinajstić information content (AvgIpc) is 2.99. The van der Waals surface area contributed by atoms with Crippen molar-refractivity contribution in [1.29, 1.82) is 0 Å². The predicted molar refractivity (Wildman–Crippen MR) is 156 cm³/mol. The van der Waals surface area contributed by atoms with E-state index in [4.69, 9.17) is 9.90 Å². The van der Waals surface area contributed by atoms with Crippen LogP contribution < -0.4 is 10.6 Å². The molecule has 0 amide bonds. The van der Waals surface area contributed by atoms with Gasteiger partial charge in [-0.25, -0.2) is 4.79 Å². The third-order valence-corrected chi connectivity index (χ3v) is 6.35. The fourth-order valence-corrected chi connectivity index (χ4v) is 4.13. The van der Waals surface area contributed by atoms with Crippen LogP contribution in [-0.4, -0.2) is 28.8 Å². The van der Waals surface area contributed by atoms with Gasteiger partial charge in [0.25, 0.3) is 0 Å². The summed E-state index contributed by atoms with van der Waals surface area (Å²) >= 11 is 0. The summed E-state index contributed by atoms with van der Waals surface area (Å²) in [5, 5.41) is 15.3.